The number of allylic oxidation sites excluding steroid dienone is 1. The smallest absolute Gasteiger partial charge is 0.274 e. The molecule has 0 aromatic heterocycles. The van der Waals surface area contributed by atoms with Gasteiger partial charge in [-0.2, -0.15) is 0 Å². The number of benzene rings is 2. The molecule has 2 amide bonds. The maximum Gasteiger partial charge on any atom is 0.274 e. The van der Waals surface area contributed by atoms with Crippen molar-refractivity contribution in [3.63, 3.8) is 0 Å². The summed E-state index contributed by atoms with van der Waals surface area (Å²) in [5, 5.41) is 17.9. The van der Waals surface area contributed by atoms with Crippen LogP contribution < -0.4 is 10.2 Å². The fraction of sp³-hybridized carbons (Fsp3) is 0.238. The number of ether oxygens (including phenoxy) is 1. The highest BCUT2D eigenvalue weighted by Gasteiger charge is 2.17. The quantitative estimate of drug-likeness (QED) is 0.455. The van der Waals surface area contributed by atoms with Crippen molar-refractivity contribution in [1.29, 1.82) is 0 Å². The molecule has 148 valence electrons. The highest BCUT2D eigenvalue weighted by atomic mass is 16.5. The maximum atomic E-state index is 12.9. The van der Waals surface area contributed by atoms with E-state index in [0.29, 0.717) is 23.4 Å². The van der Waals surface area contributed by atoms with Crippen molar-refractivity contribution >= 4 is 17.9 Å². The van der Waals surface area contributed by atoms with E-state index in [2.05, 4.69) is 0 Å². The molecule has 0 fully saturated rings. The fourth-order valence-corrected chi connectivity index (χ4v) is 2.66. The third kappa shape index (κ3) is 5.67. The van der Waals surface area contributed by atoms with E-state index in [4.69, 9.17) is 9.94 Å². The van der Waals surface area contributed by atoms with Crippen molar-refractivity contribution in [2.24, 2.45) is 0 Å². The molecule has 0 bridgehead atoms. The number of carbonyl (C=O) groups excluding carboxylic acids is 2. The van der Waals surface area contributed by atoms with Gasteiger partial charge >= 0.3 is 0 Å². The van der Waals surface area contributed by atoms with Crippen molar-refractivity contribution in [3.8, 4) is 5.75 Å². The molecule has 0 aliphatic heterocycles. The lowest BCUT2D eigenvalue weighted by Crippen LogP contribution is -2.37. The Morgan fingerprint density at radius 3 is 2.46 bits per heavy atom. The van der Waals surface area contributed by atoms with Crippen LogP contribution in [0.1, 0.15) is 33.2 Å². The van der Waals surface area contributed by atoms with Crippen LogP contribution in [-0.2, 0) is 0 Å². The molecule has 28 heavy (non-hydrogen) atoms. The zero-order valence-electron chi connectivity index (χ0n) is 15.7. The number of hydrogen-bond acceptors (Lipinski definition) is 5. The summed E-state index contributed by atoms with van der Waals surface area (Å²) in [4.78, 5) is 25.7. The van der Waals surface area contributed by atoms with Gasteiger partial charge in [-0.05, 0) is 42.8 Å². The van der Waals surface area contributed by atoms with E-state index in [9.17, 15) is 14.7 Å². The van der Waals surface area contributed by atoms with Gasteiger partial charge in [0.15, 0.2) is 0 Å². The lowest BCUT2D eigenvalue weighted by Gasteiger charge is -2.23. The summed E-state index contributed by atoms with van der Waals surface area (Å²) < 4.78 is 5.63. The van der Waals surface area contributed by atoms with E-state index in [1.807, 2.05) is 31.2 Å². The largest absolute Gasteiger partial charge is 0.492 e. The number of aliphatic hydroxyl groups excluding tert-OH is 1. The second-order valence-corrected chi connectivity index (χ2v) is 5.92. The Balaban J connectivity index is 2.01. The van der Waals surface area contributed by atoms with Crippen LogP contribution in [0, 0.1) is 0 Å². The highest BCUT2D eigenvalue weighted by Crippen LogP contribution is 2.15. The molecule has 7 nitrogen and oxygen atoms in total. The average Bonchev–Trinajstić information content (AvgIpc) is 2.73. The van der Waals surface area contributed by atoms with Crippen LogP contribution in [0.15, 0.2) is 54.6 Å². The zero-order valence-corrected chi connectivity index (χ0v) is 15.7. The third-order valence-electron chi connectivity index (χ3n) is 4.04. The lowest BCUT2D eigenvalue weighted by atomic mass is 10.1. The minimum atomic E-state index is -0.605. The number of aliphatic hydroxyl groups is 1. The number of nitrogens with zero attached hydrogens (tertiary/aromatic N) is 1. The molecular weight excluding hydrogens is 360 g/mol. The van der Waals surface area contributed by atoms with Gasteiger partial charge in [0.1, 0.15) is 12.4 Å². The van der Waals surface area contributed by atoms with Crippen LogP contribution >= 0.6 is 0 Å². The van der Waals surface area contributed by atoms with Gasteiger partial charge in [-0.1, -0.05) is 30.4 Å². The zero-order chi connectivity index (χ0) is 20.4. The van der Waals surface area contributed by atoms with Gasteiger partial charge in [0.2, 0.25) is 0 Å². The first-order valence-electron chi connectivity index (χ1n) is 8.90. The van der Waals surface area contributed by atoms with Crippen LogP contribution in [0.4, 0.5) is 0 Å². The van der Waals surface area contributed by atoms with Gasteiger partial charge in [-0.25, -0.2) is 5.48 Å². The van der Waals surface area contributed by atoms with Gasteiger partial charge in [0.25, 0.3) is 11.8 Å². The standard InChI is InChI=1S/C21H24N2O5/c1-2-5-16-6-3-4-7-19(16)21(26)23(12-14-24)13-15-28-18-10-8-17(9-11-18)20(25)22-27/h2-11,24,27H,12-15H2,1H3,(H,22,25)/b5-2+. The van der Waals surface area contributed by atoms with E-state index >= 15 is 0 Å². The summed E-state index contributed by atoms with van der Waals surface area (Å²) >= 11 is 0. The van der Waals surface area contributed by atoms with E-state index in [1.54, 1.807) is 29.7 Å². The van der Waals surface area contributed by atoms with Crippen LogP contribution in [0.25, 0.3) is 6.08 Å². The summed E-state index contributed by atoms with van der Waals surface area (Å²) in [5.74, 6) is -0.257. The number of hydroxylamine groups is 1. The Morgan fingerprint density at radius 2 is 1.82 bits per heavy atom. The minimum absolute atomic E-state index is 0.150. The van der Waals surface area contributed by atoms with E-state index in [-0.39, 0.29) is 25.7 Å². The van der Waals surface area contributed by atoms with Gasteiger partial charge in [-0.15, -0.1) is 0 Å². The Kier molecular flexibility index (Phi) is 8.20. The summed E-state index contributed by atoms with van der Waals surface area (Å²) in [6, 6.07) is 13.5. The number of amides is 2. The number of hydrogen-bond donors (Lipinski definition) is 3. The molecule has 0 heterocycles. The molecule has 0 unspecified atom stereocenters. The van der Waals surface area contributed by atoms with E-state index in [1.165, 1.54) is 17.0 Å². The molecule has 0 saturated carbocycles. The fourth-order valence-electron chi connectivity index (χ4n) is 2.66. The SMILES string of the molecule is C/C=C/c1ccccc1C(=O)N(CCO)CCOc1ccc(C(=O)NO)cc1. The number of carbonyl (C=O) groups is 2. The Bertz CT molecular complexity index is 818. The predicted octanol–water partition coefficient (Wildman–Crippen LogP) is 2.35. The molecule has 3 N–H and O–H groups in total. The molecule has 0 saturated heterocycles. The number of nitrogens with one attached hydrogen (secondary N) is 1. The maximum absolute atomic E-state index is 12.9. The summed E-state index contributed by atoms with van der Waals surface area (Å²) in [5.41, 5.74) is 3.24. The topological polar surface area (TPSA) is 99.1 Å². The second-order valence-electron chi connectivity index (χ2n) is 5.92. The van der Waals surface area contributed by atoms with Crippen LogP contribution in [-0.4, -0.2) is 53.3 Å². The third-order valence-corrected chi connectivity index (χ3v) is 4.04. The normalized spacial score (nSPS) is 10.7. The molecule has 0 aliphatic carbocycles. The van der Waals surface area contributed by atoms with Gasteiger partial charge < -0.3 is 14.7 Å². The predicted molar refractivity (Wildman–Crippen MR) is 105 cm³/mol. The second kappa shape index (κ2) is 10.9. The van der Waals surface area contributed by atoms with Crippen molar-refractivity contribution in [3.05, 3.63) is 71.3 Å². The van der Waals surface area contributed by atoms with E-state index < -0.39 is 5.91 Å². The van der Waals surface area contributed by atoms with Crippen LogP contribution in [0.2, 0.25) is 0 Å². The first-order valence-corrected chi connectivity index (χ1v) is 8.90. The van der Waals surface area contributed by atoms with Crippen molar-refractivity contribution in [2.45, 2.75) is 6.92 Å². The van der Waals surface area contributed by atoms with Crippen molar-refractivity contribution < 1.29 is 24.6 Å². The minimum Gasteiger partial charge on any atom is -0.492 e. The van der Waals surface area contributed by atoms with E-state index in [0.717, 1.165) is 5.56 Å². The first kappa shape index (κ1) is 21.1. The lowest BCUT2D eigenvalue weighted by molar-refractivity contribution is 0.0690. The molecule has 0 spiro atoms. The Labute approximate surface area is 163 Å². The van der Waals surface area contributed by atoms with Gasteiger partial charge in [-0.3, -0.25) is 14.8 Å². The Hall–Kier alpha value is -3.16. The molecular formula is C21H24N2O5. The summed E-state index contributed by atoms with van der Waals surface area (Å²) in [7, 11) is 0. The molecule has 0 radical (unpaired) electrons. The first-order chi connectivity index (χ1) is 13.6. The molecule has 2 aromatic carbocycles. The molecule has 0 atom stereocenters. The monoisotopic (exact) mass is 384 g/mol. The summed E-state index contributed by atoms with van der Waals surface area (Å²) in [6.45, 7) is 2.45. The Morgan fingerprint density at radius 1 is 1.11 bits per heavy atom. The molecule has 2 aromatic rings. The van der Waals surface area contributed by atoms with Crippen LogP contribution in [0.5, 0.6) is 5.75 Å². The summed E-state index contributed by atoms with van der Waals surface area (Å²) in [6.07, 6.45) is 3.73. The number of rotatable bonds is 9. The van der Waals surface area contributed by atoms with Crippen LogP contribution in [0.3, 0.4) is 0 Å². The van der Waals surface area contributed by atoms with Gasteiger partial charge in [0.05, 0.1) is 13.2 Å². The van der Waals surface area contributed by atoms with Crippen molar-refractivity contribution in [2.75, 3.05) is 26.3 Å². The molecule has 2 rings (SSSR count). The molecule has 7 heteroatoms. The average molecular weight is 384 g/mol. The highest BCUT2D eigenvalue weighted by molar-refractivity contribution is 5.97. The van der Waals surface area contributed by atoms with Crippen molar-refractivity contribution in [1.82, 2.24) is 10.4 Å². The molecule has 0 aliphatic rings. The van der Waals surface area contributed by atoms with Gasteiger partial charge in [0, 0.05) is 17.7 Å².